The van der Waals surface area contributed by atoms with Crippen molar-refractivity contribution in [2.24, 2.45) is 0 Å². The van der Waals surface area contributed by atoms with Crippen molar-refractivity contribution in [2.45, 2.75) is 18.4 Å². The van der Waals surface area contributed by atoms with Crippen LogP contribution in [0.15, 0.2) is 0 Å². The van der Waals surface area contributed by atoms with Crippen LogP contribution in [0.1, 0.15) is 12.8 Å². The molecular weight excluding hydrogens is 385 g/mol. The predicted octanol–water partition coefficient (Wildman–Crippen LogP) is -3.92. The van der Waals surface area contributed by atoms with Gasteiger partial charge < -0.3 is 30.0 Å². The van der Waals surface area contributed by atoms with Gasteiger partial charge in [-0.3, -0.25) is 4.79 Å². The van der Waals surface area contributed by atoms with Crippen LogP contribution in [-0.4, -0.2) is 33.7 Å². The zero-order valence-electron chi connectivity index (χ0n) is 7.06. The van der Waals surface area contributed by atoms with Crippen molar-refractivity contribution in [1.29, 1.82) is 0 Å². The first-order valence-corrected chi connectivity index (χ1v) is 3.13. The maximum absolute atomic E-state index is 10.2. The summed E-state index contributed by atoms with van der Waals surface area (Å²) in [5.41, 5.74) is -2.91. The van der Waals surface area contributed by atoms with Crippen molar-refractivity contribution < 1.29 is 62.5 Å². The second kappa shape index (κ2) is 5.92. The monoisotopic (exact) mass is 392 g/mol. The average molecular weight is 391 g/mol. The van der Waals surface area contributed by atoms with Crippen LogP contribution in [-0.2, 0) is 42.1 Å². The summed E-state index contributed by atoms with van der Waals surface area (Å²) in [7, 11) is 0. The van der Waals surface area contributed by atoms with Gasteiger partial charge in [0.05, 0.1) is 12.4 Å². The molecule has 0 aliphatic heterocycles. The SMILES string of the molecule is O=C([O-])CC(O)(CC(=O)O)C(=O)[O-].[Hg+2]. The van der Waals surface area contributed by atoms with E-state index in [-0.39, 0.29) is 27.7 Å². The van der Waals surface area contributed by atoms with Crippen molar-refractivity contribution in [2.75, 3.05) is 0 Å². The van der Waals surface area contributed by atoms with E-state index in [0.717, 1.165) is 0 Å². The minimum Gasteiger partial charge on any atom is -0.550 e. The van der Waals surface area contributed by atoms with Crippen molar-refractivity contribution in [1.82, 2.24) is 0 Å². The Bertz CT molecular complexity index is 233. The zero-order valence-corrected chi connectivity index (χ0v) is 12.6. The Kier molecular flexibility index (Phi) is 6.66. The molecule has 14 heavy (non-hydrogen) atoms. The summed E-state index contributed by atoms with van der Waals surface area (Å²) in [5, 5.41) is 37.2. The minimum absolute atomic E-state index is 0. The standard InChI is InChI=1S/C6H8O7.Hg/c7-3(8)1-6(13,5(11)12)2-4(9)10;/h13H,1-2H2,(H,7,8)(H,9,10)(H,11,12);/q;+2/p-2. The van der Waals surface area contributed by atoms with Crippen molar-refractivity contribution >= 4 is 17.9 Å². The van der Waals surface area contributed by atoms with E-state index >= 15 is 0 Å². The van der Waals surface area contributed by atoms with Crippen LogP contribution in [0.4, 0.5) is 0 Å². The van der Waals surface area contributed by atoms with Crippen LogP contribution in [0.5, 0.6) is 0 Å². The Balaban J connectivity index is 0. The quantitative estimate of drug-likeness (QED) is 0.457. The van der Waals surface area contributed by atoms with E-state index in [1.165, 1.54) is 0 Å². The molecule has 0 aromatic rings. The third-order valence-electron chi connectivity index (χ3n) is 1.26. The summed E-state index contributed by atoms with van der Waals surface area (Å²) >= 11 is 0. The van der Waals surface area contributed by atoms with Gasteiger partial charge in [-0.15, -0.1) is 0 Å². The van der Waals surface area contributed by atoms with E-state index in [1.54, 1.807) is 0 Å². The summed E-state index contributed by atoms with van der Waals surface area (Å²) in [4.78, 5) is 30.2. The molecule has 1 atom stereocenters. The molecule has 0 rings (SSSR count). The molecule has 1 unspecified atom stereocenters. The largest absolute Gasteiger partial charge is 2.00 e. The zero-order chi connectivity index (χ0) is 10.6. The summed E-state index contributed by atoms with van der Waals surface area (Å²) in [6.45, 7) is 0. The molecule has 0 spiro atoms. The van der Waals surface area contributed by atoms with E-state index in [4.69, 9.17) is 10.2 Å². The molecule has 0 aromatic heterocycles. The van der Waals surface area contributed by atoms with Crippen LogP contribution >= 0.6 is 0 Å². The van der Waals surface area contributed by atoms with Gasteiger partial charge in [0.2, 0.25) is 0 Å². The third kappa shape index (κ3) is 5.13. The first kappa shape index (κ1) is 15.8. The summed E-state index contributed by atoms with van der Waals surface area (Å²) in [6, 6.07) is 0. The number of hydrogen-bond donors (Lipinski definition) is 2. The van der Waals surface area contributed by atoms with Crippen molar-refractivity contribution in [3.05, 3.63) is 0 Å². The Morgan fingerprint density at radius 3 is 1.79 bits per heavy atom. The smallest absolute Gasteiger partial charge is 0.550 e. The van der Waals surface area contributed by atoms with Gasteiger partial charge in [0.15, 0.2) is 0 Å². The van der Waals surface area contributed by atoms with Gasteiger partial charge in [0.1, 0.15) is 5.60 Å². The molecule has 0 saturated heterocycles. The Morgan fingerprint density at radius 2 is 1.57 bits per heavy atom. The second-order valence-electron chi connectivity index (χ2n) is 2.44. The summed E-state index contributed by atoms with van der Waals surface area (Å²) < 4.78 is 0. The molecular formula is C6H6HgO7. The molecule has 0 fully saturated rings. The topological polar surface area (TPSA) is 138 Å². The maximum atomic E-state index is 10.2. The fraction of sp³-hybridized carbons (Fsp3) is 0.500. The minimum atomic E-state index is -2.91. The normalized spacial score (nSPS) is 13.5. The van der Waals surface area contributed by atoms with Crippen LogP contribution in [0.2, 0.25) is 0 Å². The van der Waals surface area contributed by atoms with Gasteiger partial charge in [-0.05, 0) is 0 Å². The molecule has 0 aromatic carbocycles. The van der Waals surface area contributed by atoms with E-state index in [9.17, 15) is 24.6 Å². The number of carboxylic acids is 3. The Hall–Kier alpha value is -0.695. The molecule has 8 heteroatoms. The van der Waals surface area contributed by atoms with Crippen LogP contribution in [0.25, 0.3) is 0 Å². The molecule has 0 amide bonds. The molecule has 2 N–H and O–H groups in total. The molecule has 74 valence electrons. The molecule has 0 heterocycles. The Morgan fingerprint density at radius 1 is 1.14 bits per heavy atom. The third-order valence-corrected chi connectivity index (χ3v) is 1.26. The number of carbonyl (C=O) groups excluding carboxylic acids is 2. The van der Waals surface area contributed by atoms with Crippen molar-refractivity contribution in [3.63, 3.8) is 0 Å². The van der Waals surface area contributed by atoms with Crippen molar-refractivity contribution in [3.8, 4) is 0 Å². The second-order valence-corrected chi connectivity index (χ2v) is 2.44. The van der Waals surface area contributed by atoms with Gasteiger partial charge >= 0.3 is 33.6 Å². The van der Waals surface area contributed by atoms with Gasteiger partial charge in [-0.25, -0.2) is 0 Å². The number of aliphatic hydroxyl groups is 1. The fourth-order valence-electron chi connectivity index (χ4n) is 0.696. The molecule has 7 nitrogen and oxygen atoms in total. The fourth-order valence-corrected chi connectivity index (χ4v) is 0.696. The number of carbonyl (C=O) groups is 3. The van der Waals surface area contributed by atoms with E-state index < -0.39 is 36.4 Å². The van der Waals surface area contributed by atoms with Crippen LogP contribution in [0.3, 0.4) is 0 Å². The molecule has 0 radical (unpaired) electrons. The number of rotatable bonds is 5. The molecule has 0 aliphatic rings. The van der Waals surface area contributed by atoms with Crippen LogP contribution in [0, 0.1) is 0 Å². The number of aliphatic carboxylic acids is 3. The summed E-state index contributed by atoms with van der Waals surface area (Å²) in [5.74, 6) is -5.67. The molecule has 0 saturated carbocycles. The summed E-state index contributed by atoms with van der Waals surface area (Å²) in [6.07, 6.45) is -2.56. The molecule has 0 bridgehead atoms. The van der Waals surface area contributed by atoms with Gasteiger partial charge in [0, 0.05) is 12.4 Å². The Labute approximate surface area is 98.9 Å². The molecule has 0 aliphatic carbocycles. The van der Waals surface area contributed by atoms with E-state index in [2.05, 4.69) is 0 Å². The van der Waals surface area contributed by atoms with Gasteiger partial charge in [-0.1, -0.05) is 0 Å². The predicted molar refractivity (Wildman–Crippen MR) is 31.8 cm³/mol. The maximum Gasteiger partial charge on any atom is 2.00 e. The average Bonchev–Trinajstić information content (AvgIpc) is 1.82. The van der Waals surface area contributed by atoms with Crippen LogP contribution < -0.4 is 10.2 Å². The number of carboxylic acid groups (broad SMARTS) is 3. The first-order chi connectivity index (χ1) is 5.78. The van der Waals surface area contributed by atoms with E-state index in [0.29, 0.717) is 0 Å². The van der Waals surface area contributed by atoms with Gasteiger partial charge in [0.25, 0.3) is 0 Å². The van der Waals surface area contributed by atoms with E-state index in [1.807, 2.05) is 0 Å². The number of hydrogen-bond acceptors (Lipinski definition) is 6. The first-order valence-electron chi connectivity index (χ1n) is 3.13. The van der Waals surface area contributed by atoms with Gasteiger partial charge in [-0.2, -0.15) is 0 Å².